The third-order valence-corrected chi connectivity index (χ3v) is 16.4. The largest absolute Gasteiger partial charge is 0.456 e. The molecule has 3 nitrogen and oxygen atoms in total. The van der Waals surface area contributed by atoms with Gasteiger partial charge in [0.05, 0.1) is 0 Å². The normalized spacial score (nSPS) is 12.6. The number of hydrogen-bond donors (Lipinski definition) is 0. The molecule has 0 saturated carbocycles. The molecular formula is C75H52N2O. The number of fused-ring (bicyclic) bond motifs is 12. The van der Waals surface area contributed by atoms with Crippen LogP contribution in [0, 0.1) is 0 Å². The summed E-state index contributed by atoms with van der Waals surface area (Å²) >= 11 is 0. The molecule has 368 valence electrons. The van der Waals surface area contributed by atoms with E-state index in [1.54, 1.807) is 0 Å². The fourth-order valence-electron chi connectivity index (χ4n) is 12.5. The smallest absolute Gasteiger partial charge is 0.135 e. The van der Waals surface area contributed by atoms with Crippen molar-refractivity contribution in [2.45, 2.75) is 19.3 Å². The van der Waals surface area contributed by atoms with Crippen molar-refractivity contribution in [2.75, 3.05) is 9.80 Å². The van der Waals surface area contributed by atoms with E-state index in [0.29, 0.717) is 0 Å². The van der Waals surface area contributed by atoms with E-state index in [1.807, 2.05) is 12.1 Å². The van der Waals surface area contributed by atoms with Crippen LogP contribution in [0.1, 0.15) is 25.0 Å². The maximum Gasteiger partial charge on any atom is 0.135 e. The van der Waals surface area contributed by atoms with Crippen LogP contribution in [0.2, 0.25) is 0 Å². The summed E-state index contributed by atoms with van der Waals surface area (Å²) in [6, 6.07) is 102. The van der Waals surface area contributed by atoms with E-state index in [9.17, 15) is 0 Å². The lowest BCUT2D eigenvalue weighted by Gasteiger charge is -2.28. The molecule has 1 aliphatic carbocycles. The van der Waals surface area contributed by atoms with Crippen molar-refractivity contribution >= 4 is 88.4 Å². The molecule has 0 unspecified atom stereocenters. The van der Waals surface area contributed by atoms with Crippen LogP contribution in [-0.4, -0.2) is 0 Å². The fourth-order valence-corrected chi connectivity index (χ4v) is 12.5. The summed E-state index contributed by atoms with van der Waals surface area (Å²) in [4.78, 5) is 4.74. The van der Waals surface area contributed by atoms with Crippen molar-refractivity contribution in [1.29, 1.82) is 0 Å². The van der Waals surface area contributed by atoms with Crippen LogP contribution in [0.25, 0.3) is 98.8 Å². The minimum absolute atomic E-state index is 0.214. The maximum absolute atomic E-state index is 6.29. The lowest BCUT2D eigenvalue weighted by molar-refractivity contribution is 0.661. The number of para-hydroxylation sites is 2. The second-order valence-electron chi connectivity index (χ2n) is 21.3. The molecular weight excluding hydrogens is 945 g/mol. The third-order valence-electron chi connectivity index (χ3n) is 16.4. The summed E-state index contributed by atoms with van der Waals surface area (Å²) in [5.41, 5.74) is 20.5. The highest BCUT2D eigenvalue weighted by molar-refractivity contribution is 6.26. The molecule has 15 rings (SSSR count). The molecule has 0 atom stereocenters. The summed E-state index contributed by atoms with van der Waals surface area (Å²) in [5, 5.41) is 10.0. The summed E-state index contributed by atoms with van der Waals surface area (Å²) in [6.45, 7) is 4.79. The molecule has 0 bridgehead atoms. The lowest BCUT2D eigenvalue weighted by atomic mass is 9.81. The Bertz CT molecular complexity index is 4610. The van der Waals surface area contributed by atoms with Gasteiger partial charge in [-0.25, -0.2) is 0 Å². The van der Waals surface area contributed by atoms with Crippen LogP contribution in [-0.2, 0) is 5.41 Å². The Morgan fingerprint density at radius 1 is 0.244 bits per heavy atom. The van der Waals surface area contributed by atoms with Crippen molar-refractivity contribution in [1.82, 2.24) is 0 Å². The Balaban J connectivity index is 0.770. The van der Waals surface area contributed by atoms with Crippen molar-refractivity contribution in [3.8, 4) is 44.5 Å². The third kappa shape index (κ3) is 7.50. The molecule has 14 aromatic rings. The van der Waals surface area contributed by atoms with Gasteiger partial charge in [-0.05, 0) is 191 Å². The zero-order chi connectivity index (χ0) is 51.9. The quantitative estimate of drug-likeness (QED) is 0.134. The fraction of sp³-hybridized carbons (Fsp3) is 0.0400. The number of nitrogens with zero attached hydrogens (tertiary/aromatic N) is 2. The molecule has 0 radical (unpaired) electrons. The highest BCUT2D eigenvalue weighted by atomic mass is 16.3. The highest BCUT2D eigenvalue weighted by Crippen LogP contribution is 2.53. The van der Waals surface area contributed by atoms with Crippen LogP contribution in [0.3, 0.4) is 0 Å². The number of furan rings is 1. The minimum Gasteiger partial charge on any atom is -0.456 e. The Morgan fingerprint density at radius 2 is 0.641 bits per heavy atom. The van der Waals surface area contributed by atoms with Crippen LogP contribution in [0.15, 0.2) is 283 Å². The minimum atomic E-state index is -0.214. The zero-order valence-electron chi connectivity index (χ0n) is 43.4. The molecule has 0 aliphatic heterocycles. The van der Waals surface area contributed by atoms with E-state index < -0.39 is 0 Å². The summed E-state index contributed by atoms with van der Waals surface area (Å²) in [5.74, 6) is 0. The Hall–Kier alpha value is -9.96. The molecule has 3 heteroatoms. The Labute approximate surface area is 454 Å². The van der Waals surface area contributed by atoms with Crippen LogP contribution < -0.4 is 9.80 Å². The average Bonchev–Trinajstić information content (AvgIpc) is 4.00. The molecule has 1 aromatic heterocycles. The Kier molecular flexibility index (Phi) is 10.6. The topological polar surface area (TPSA) is 19.6 Å². The SMILES string of the molecule is CC1(C)c2cc(N(c3ccccc3)c3ccc(-c4ccc(N(c5ccc(-c6cccc(-c7ccccc7)c6)cc5)c5ccc6oc7ccccc7c6c5)cc4)cc3)ccc2-c2cc3c4ccccc4c4ccccc4c3cc21. The maximum atomic E-state index is 6.29. The Morgan fingerprint density at radius 3 is 1.23 bits per heavy atom. The van der Waals surface area contributed by atoms with Crippen LogP contribution >= 0.6 is 0 Å². The van der Waals surface area contributed by atoms with E-state index in [0.717, 1.165) is 67.2 Å². The molecule has 1 heterocycles. The van der Waals surface area contributed by atoms with Gasteiger partial charge in [0, 0.05) is 50.3 Å². The predicted octanol–water partition coefficient (Wildman–Crippen LogP) is 21.3. The van der Waals surface area contributed by atoms with Gasteiger partial charge in [0.15, 0.2) is 0 Å². The first kappa shape index (κ1) is 45.4. The second kappa shape index (κ2) is 18.1. The van der Waals surface area contributed by atoms with E-state index in [1.165, 1.54) is 76.8 Å². The molecule has 0 saturated heterocycles. The number of anilines is 6. The molecule has 1 aliphatic rings. The van der Waals surface area contributed by atoms with Gasteiger partial charge in [0.2, 0.25) is 0 Å². The van der Waals surface area contributed by atoms with E-state index in [4.69, 9.17) is 4.42 Å². The van der Waals surface area contributed by atoms with Crippen molar-refractivity contribution in [3.63, 3.8) is 0 Å². The number of hydrogen-bond acceptors (Lipinski definition) is 3. The first-order chi connectivity index (χ1) is 38.4. The number of rotatable bonds is 9. The summed E-state index contributed by atoms with van der Waals surface area (Å²) in [7, 11) is 0. The van der Waals surface area contributed by atoms with Crippen molar-refractivity contribution < 1.29 is 4.42 Å². The first-order valence-electron chi connectivity index (χ1n) is 27.0. The van der Waals surface area contributed by atoms with E-state index in [-0.39, 0.29) is 5.41 Å². The molecule has 13 aromatic carbocycles. The van der Waals surface area contributed by atoms with Gasteiger partial charge >= 0.3 is 0 Å². The molecule has 78 heavy (non-hydrogen) atoms. The second-order valence-corrected chi connectivity index (χ2v) is 21.3. The van der Waals surface area contributed by atoms with Gasteiger partial charge < -0.3 is 14.2 Å². The van der Waals surface area contributed by atoms with Crippen LogP contribution in [0.5, 0.6) is 0 Å². The van der Waals surface area contributed by atoms with Crippen molar-refractivity contribution in [3.05, 3.63) is 290 Å². The average molecular weight is 997 g/mol. The predicted molar refractivity (Wildman–Crippen MR) is 329 cm³/mol. The van der Waals surface area contributed by atoms with Gasteiger partial charge in [-0.2, -0.15) is 0 Å². The highest BCUT2D eigenvalue weighted by Gasteiger charge is 2.37. The van der Waals surface area contributed by atoms with E-state index >= 15 is 0 Å². The molecule has 0 N–H and O–H groups in total. The van der Waals surface area contributed by atoms with Gasteiger partial charge in [0.1, 0.15) is 11.2 Å². The first-order valence-corrected chi connectivity index (χ1v) is 27.0. The van der Waals surface area contributed by atoms with Gasteiger partial charge in [-0.3, -0.25) is 0 Å². The molecule has 0 spiro atoms. The van der Waals surface area contributed by atoms with Gasteiger partial charge in [0.25, 0.3) is 0 Å². The zero-order valence-corrected chi connectivity index (χ0v) is 43.4. The van der Waals surface area contributed by atoms with Crippen LogP contribution in [0.4, 0.5) is 34.1 Å². The van der Waals surface area contributed by atoms with Gasteiger partial charge in [-0.15, -0.1) is 0 Å². The molecule has 0 fully saturated rings. The standard InChI is InChI=1S/C75H52N2O/c1-75(2)71-46-60(40-42-65(71)69-47-67-63-24-11-9-22-61(63)62-23-10-12-25-64(62)68(67)48-72(69)75)76(55-20-7-4-8-21-55)56-34-28-50(29-35-56)51-30-36-57(37-31-51)77(59-41-43-74-70(45-59)66-26-13-14-27-73(66)78-74)58-38-32-52(33-39-58)54-19-15-18-53(44-54)49-16-5-3-6-17-49/h3-48H,1-2H3. The van der Waals surface area contributed by atoms with Crippen molar-refractivity contribution in [2.24, 2.45) is 0 Å². The lowest BCUT2D eigenvalue weighted by Crippen LogP contribution is -2.16. The summed E-state index contributed by atoms with van der Waals surface area (Å²) < 4.78 is 6.29. The van der Waals surface area contributed by atoms with E-state index in [2.05, 4.69) is 291 Å². The number of benzene rings is 13. The monoisotopic (exact) mass is 996 g/mol. The molecule has 0 amide bonds. The van der Waals surface area contributed by atoms with Gasteiger partial charge in [-0.1, -0.05) is 190 Å². The summed E-state index contributed by atoms with van der Waals surface area (Å²) in [6.07, 6.45) is 0.